The molecule has 2 nitrogen and oxygen atoms in total. The molecule has 3 aromatic rings. The summed E-state index contributed by atoms with van der Waals surface area (Å²) < 4.78 is 0. The van der Waals surface area contributed by atoms with Gasteiger partial charge in [0.2, 0.25) is 0 Å². The van der Waals surface area contributed by atoms with Crippen LogP contribution in [-0.4, -0.2) is 4.98 Å². The van der Waals surface area contributed by atoms with E-state index in [9.17, 15) is 5.26 Å². The second kappa shape index (κ2) is 5.55. The van der Waals surface area contributed by atoms with Gasteiger partial charge in [-0.1, -0.05) is 41.9 Å². The van der Waals surface area contributed by atoms with Gasteiger partial charge in [-0.2, -0.15) is 5.26 Å². The van der Waals surface area contributed by atoms with Crippen LogP contribution < -0.4 is 0 Å². The molecule has 1 unspecified atom stereocenters. The number of pyridine rings is 1. The Hall–Kier alpha value is -2.37. The minimum absolute atomic E-state index is 0.144. The van der Waals surface area contributed by atoms with Crippen LogP contribution in [-0.2, 0) is 0 Å². The Morgan fingerprint density at radius 2 is 1.81 bits per heavy atom. The van der Waals surface area contributed by atoms with Crippen LogP contribution in [0.1, 0.15) is 18.4 Å². The van der Waals surface area contributed by atoms with Crippen LogP contribution in [0.3, 0.4) is 0 Å². The van der Waals surface area contributed by atoms with Crippen molar-refractivity contribution in [1.29, 1.82) is 5.26 Å². The first-order valence-corrected chi connectivity index (χ1v) is 7.11. The van der Waals surface area contributed by atoms with Gasteiger partial charge < -0.3 is 0 Å². The lowest BCUT2D eigenvalue weighted by molar-refractivity contribution is 0.994. The van der Waals surface area contributed by atoms with Crippen LogP contribution in [0.15, 0.2) is 54.7 Å². The molecule has 0 amide bonds. The van der Waals surface area contributed by atoms with Gasteiger partial charge in [-0.3, -0.25) is 4.98 Å². The molecule has 0 spiro atoms. The fourth-order valence-electron chi connectivity index (χ4n) is 2.52. The first-order chi connectivity index (χ1) is 10.2. The lowest BCUT2D eigenvalue weighted by Gasteiger charge is -2.11. The predicted molar refractivity (Wildman–Crippen MR) is 86.2 cm³/mol. The second-order valence-corrected chi connectivity index (χ2v) is 5.40. The van der Waals surface area contributed by atoms with E-state index < -0.39 is 0 Å². The number of rotatable bonds is 2. The molecular weight excluding hydrogens is 280 g/mol. The zero-order valence-corrected chi connectivity index (χ0v) is 12.3. The monoisotopic (exact) mass is 292 g/mol. The topological polar surface area (TPSA) is 36.7 Å². The average molecular weight is 293 g/mol. The molecule has 0 N–H and O–H groups in total. The number of hydrogen-bond donors (Lipinski definition) is 0. The largest absolute Gasteiger partial charge is 0.256 e. The molecule has 0 aliphatic heterocycles. The van der Waals surface area contributed by atoms with E-state index in [1.807, 2.05) is 55.5 Å². The summed E-state index contributed by atoms with van der Waals surface area (Å²) in [4.78, 5) is 4.51. The summed E-state index contributed by atoms with van der Waals surface area (Å²) in [6.45, 7) is 1.91. The Labute approximate surface area is 128 Å². The Morgan fingerprint density at radius 1 is 1.05 bits per heavy atom. The van der Waals surface area contributed by atoms with Gasteiger partial charge in [0.1, 0.15) is 0 Å². The lowest BCUT2D eigenvalue weighted by Crippen LogP contribution is -1.93. The third-order valence-corrected chi connectivity index (χ3v) is 3.87. The number of halogens is 1. The normalized spacial score (nSPS) is 12.0. The van der Waals surface area contributed by atoms with E-state index in [4.69, 9.17) is 11.6 Å². The first kappa shape index (κ1) is 13.6. The van der Waals surface area contributed by atoms with Crippen molar-refractivity contribution in [3.63, 3.8) is 0 Å². The van der Waals surface area contributed by atoms with Crippen molar-refractivity contribution >= 4 is 22.4 Å². The van der Waals surface area contributed by atoms with Crippen molar-refractivity contribution in [2.45, 2.75) is 12.8 Å². The van der Waals surface area contributed by atoms with Crippen LogP contribution in [0.2, 0.25) is 5.02 Å². The van der Waals surface area contributed by atoms with E-state index in [0.29, 0.717) is 5.02 Å². The van der Waals surface area contributed by atoms with Crippen molar-refractivity contribution in [2.24, 2.45) is 0 Å². The number of benzene rings is 2. The fraction of sp³-hybridized carbons (Fsp3) is 0.111. The molecule has 2 aromatic carbocycles. The molecule has 3 rings (SSSR count). The maximum atomic E-state index is 9.18. The van der Waals surface area contributed by atoms with Crippen LogP contribution in [0.25, 0.3) is 22.0 Å². The summed E-state index contributed by atoms with van der Waals surface area (Å²) in [7, 11) is 0. The van der Waals surface area contributed by atoms with Gasteiger partial charge in [0.25, 0.3) is 0 Å². The quantitative estimate of drug-likeness (QED) is 0.652. The van der Waals surface area contributed by atoms with E-state index in [1.54, 1.807) is 6.20 Å². The van der Waals surface area contributed by atoms with Crippen molar-refractivity contribution in [3.8, 4) is 17.3 Å². The summed E-state index contributed by atoms with van der Waals surface area (Å²) >= 11 is 5.95. The molecule has 0 aliphatic carbocycles. The predicted octanol–water partition coefficient (Wildman–Crippen LogP) is 5.18. The maximum absolute atomic E-state index is 9.18. The Kier molecular flexibility index (Phi) is 3.60. The van der Waals surface area contributed by atoms with Crippen molar-refractivity contribution in [2.75, 3.05) is 0 Å². The minimum atomic E-state index is -0.144. The molecule has 102 valence electrons. The molecule has 1 atom stereocenters. The second-order valence-electron chi connectivity index (χ2n) is 4.96. The number of hydrogen-bond acceptors (Lipinski definition) is 2. The fourth-order valence-corrected chi connectivity index (χ4v) is 2.64. The van der Waals surface area contributed by atoms with Crippen LogP contribution in [0.5, 0.6) is 0 Å². The Balaban J connectivity index is 2.26. The maximum Gasteiger partial charge on any atom is 0.0780 e. The molecule has 0 saturated heterocycles. The van der Waals surface area contributed by atoms with Gasteiger partial charge in [-0.15, -0.1) is 0 Å². The summed E-state index contributed by atoms with van der Waals surface area (Å²) in [5.41, 5.74) is 2.97. The smallest absolute Gasteiger partial charge is 0.0780 e. The van der Waals surface area contributed by atoms with Gasteiger partial charge >= 0.3 is 0 Å². The highest BCUT2D eigenvalue weighted by atomic mass is 35.5. The van der Waals surface area contributed by atoms with E-state index in [1.165, 1.54) is 0 Å². The number of aromatic nitrogens is 1. The van der Waals surface area contributed by atoms with Crippen molar-refractivity contribution < 1.29 is 0 Å². The molecule has 1 aromatic heterocycles. The zero-order chi connectivity index (χ0) is 14.8. The van der Waals surface area contributed by atoms with Gasteiger partial charge in [0.05, 0.1) is 17.7 Å². The third-order valence-electron chi connectivity index (χ3n) is 3.62. The van der Waals surface area contributed by atoms with Crippen LogP contribution in [0, 0.1) is 11.3 Å². The third kappa shape index (κ3) is 2.49. The highest BCUT2D eigenvalue weighted by Crippen LogP contribution is 2.31. The van der Waals surface area contributed by atoms with E-state index in [0.717, 1.165) is 27.6 Å². The first-order valence-electron chi connectivity index (χ1n) is 6.74. The minimum Gasteiger partial charge on any atom is -0.256 e. The van der Waals surface area contributed by atoms with Gasteiger partial charge in [0, 0.05) is 22.2 Å². The van der Waals surface area contributed by atoms with Crippen molar-refractivity contribution in [1.82, 2.24) is 4.98 Å². The zero-order valence-electron chi connectivity index (χ0n) is 11.5. The lowest BCUT2D eigenvalue weighted by atomic mass is 9.94. The number of nitriles is 1. The van der Waals surface area contributed by atoms with E-state index >= 15 is 0 Å². The SMILES string of the molecule is CC(C#N)c1cccc2c(-c3ccc(Cl)cc3)nccc12. The summed E-state index contributed by atoms with van der Waals surface area (Å²) in [5.74, 6) is -0.144. The number of nitrogens with zero attached hydrogens (tertiary/aromatic N) is 2. The standard InChI is InChI=1S/C18H13ClN2/c1-12(11-20)15-3-2-4-17-16(15)9-10-21-18(17)13-5-7-14(19)8-6-13/h2-10,12H,1H3. The van der Waals surface area contributed by atoms with Gasteiger partial charge in [-0.25, -0.2) is 0 Å². The molecule has 0 bridgehead atoms. The van der Waals surface area contributed by atoms with Crippen LogP contribution in [0.4, 0.5) is 0 Å². The van der Waals surface area contributed by atoms with Crippen molar-refractivity contribution in [3.05, 3.63) is 65.3 Å². The van der Waals surface area contributed by atoms with Gasteiger partial charge in [0.15, 0.2) is 0 Å². The molecule has 3 heteroatoms. The van der Waals surface area contributed by atoms with E-state index in [-0.39, 0.29) is 5.92 Å². The molecule has 0 saturated carbocycles. The van der Waals surface area contributed by atoms with Gasteiger partial charge in [-0.05, 0) is 36.1 Å². The average Bonchev–Trinajstić information content (AvgIpc) is 2.54. The highest BCUT2D eigenvalue weighted by molar-refractivity contribution is 6.30. The summed E-state index contributed by atoms with van der Waals surface area (Å²) in [5, 5.41) is 12.0. The number of fused-ring (bicyclic) bond motifs is 1. The Morgan fingerprint density at radius 3 is 2.52 bits per heavy atom. The Bertz CT molecular complexity index is 832. The molecule has 0 radical (unpaired) electrons. The molecule has 0 fully saturated rings. The molecule has 1 heterocycles. The molecule has 21 heavy (non-hydrogen) atoms. The highest BCUT2D eigenvalue weighted by Gasteiger charge is 2.11. The van der Waals surface area contributed by atoms with Crippen LogP contribution >= 0.6 is 11.6 Å². The van der Waals surface area contributed by atoms with E-state index in [2.05, 4.69) is 11.1 Å². The molecule has 0 aliphatic rings. The summed E-state index contributed by atoms with van der Waals surface area (Å²) in [6, 6.07) is 17.9. The summed E-state index contributed by atoms with van der Waals surface area (Å²) in [6.07, 6.45) is 1.79. The molecular formula is C18H13ClN2.